The van der Waals surface area contributed by atoms with Gasteiger partial charge in [0.2, 0.25) is 0 Å². The molecule has 0 bridgehead atoms. The largest absolute Gasteiger partial charge is 0.310 e. The van der Waals surface area contributed by atoms with Gasteiger partial charge in [-0.15, -0.1) is 0 Å². The lowest BCUT2D eigenvalue weighted by molar-refractivity contribution is 1.17. The summed E-state index contributed by atoms with van der Waals surface area (Å²) >= 11 is 0. The van der Waals surface area contributed by atoms with Crippen LogP contribution in [0.5, 0.6) is 0 Å². The molecule has 0 fully saturated rings. The summed E-state index contributed by atoms with van der Waals surface area (Å²) in [7, 11) is 0. The van der Waals surface area contributed by atoms with E-state index in [0.717, 1.165) is 60.9 Å². The minimum Gasteiger partial charge on any atom is -0.310 e. The maximum atomic E-state index is 9.24. The van der Waals surface area contributed by atoms with Crippen LogP contribution in [0.15, 0.2) is 182 Å². The quantitative estimate of drug-likeness (QED) is 0.194. The molecule has 0 aliphatic heterocycles. The van der Waals surface area contributed by atoms with Crippen molar-refractivity contribution in [2.24, 2.45) is 0 Å². The van der Waals surface area contributed by atoms with E-state index >= 15 is 0 Å². The molecule has 0 N–H and O–H groups in total. The van der Waals surface area contributed by atoms with Gasteiger partial charge in [0, 0.05) is 33.5 Å². The monoisotopic (exact) mass is 589 g/mol. The van der Waals surface area contributed by atoms with Crippen LogP contribution in [0.4, 0.5) is 17.1 Å². The van der Waals surface area contributed by atoms with Crippen molar-refractivity contribution in [1.82, 2.24) is 4.57 Å². The second kappa shape index (κ2) is 10.8. The molecule has 0 radical (unpaired) electrons. The van der Waals surface area contributed by atoms with Crippen molar-refractivity contribution < 1.29 is 4.11 Å². The molecule has 0 aliphatic carbocycles. The number of para-hydroxylation sites is 3. The second-order valence-electron chi connectivity index (χ2n) is 11.6. The predicted molar refractivity (Wildman–Crippen MR) is 196 cm³/mol. The predicted octanol–water partition coefficient (Wildman–Crippen LogP) is 12.2. The number of benzene rings is 8. The molecule has 0 saturated heterocycles. The first kappa shape index (κ1) is 23.3. The Morgan fingerprint density at radius 3 is 1.93 bits per heavy atom. The van der Waals surface area contributed by atoms with Crippen LogP contribution in [-0.4, -0.2) is 4.57 Å². The van der Waals surface area contributed by atoms with E-state index in [-0.39, 0.29) is 18.1 Å². The van der Waals surface area contributed by atoms with E-state index in [1.807, 2.05) is 42.5 Å². The average Bonchev–Trinajstić information content (AvgIpc) is 3.49. The Bertz CT molecular complexity index is 2660. The van der Waals surface area contributed by atoms with E-state index < -0.39 is 0 Å². The van der Waals surface area contributed by atoms with Gasteiger partial charge in [0.05, 0.1) is 15.1 Å². The molecule has 2 heteroatoms. The molecule has 1 heterocycles. The van der Waals surface area contributed by atoms with Crippen molar-refractivity contribution in [3.63, 3.8) is 0 Å². The van der Waals surface area contributed by atoms with Gasteiger partial charge in [-0.2, -0.15) is 0 Å². The number of hydrogen-bond donors (Lipinski definition) is 0. The fourth-order valence-corrected chi connectivity index (χ4v) is 6.89. The molecular formula is C44H30N2. The Balaban J connectivity index is 1.35. The van der Waals surface area contributed by atoms with Crippen molar-refractivity contribution >= 4 is 60.4 Å². The van der Waals surface area contributed by atoms with E-state index in [2.05, 4.69) is 125 Å². The third kappa shape index (κ3) is 4.27. The van der Waals surface area contributed by atoms with Crippen LogP contribution >= 0.6 is 0 Å². The van der Waals surface area contributed by atoms with Crippen LogP contribution in [0.25, 0.3) is 60.2 Å². The summed E-state index contributed by atoms with van der Waals surface area (Å²) in [4.78, 5) is 2.23. The first-order valence-electron chi connectivity index (χ1n) is 17.0. The first-order valence-corrected chi connectivity index (χ1v) is 15.5. The molecule has 0 spiro atoms. The molecule has 216 valence electrons. The lowest BCUT2D eigenvalue weighted by Crippen LogP contribution is -2.10. The second-order valence-corrected chi connectivity index (χ2v) is 11.6. The standard InChI is InChI=1S/C44H30N2/c1-3-16-35(17-4-1)45(36-18-5-2-6-19-36)37-20-12-21-38(30-37)46-41-24-10-9-22-40(41)44-42(46)28-27-32-15-11-23-39(43(32)44)34-26-25-31-13-7-8-14-33(31)29-34/h1-30H/i9D,10D,24D. The fourth-order valence-electron chi connectivity index (χ4n) is 6.89. The van der Waals surface area contributed by atoms with Crippen molar-refractivity contribution in [2.45, 2.75) is 0 Å². The Labute approximate surface area is 272 Å². The van der Waals surface area contributed by atoms with Gasteiger partial charge in [-0.1, -0.05) is 121 Å². The minimum atomic E-state index is -0.0815. The highest BCUT2D eigenvalue weighted by molar-refractivity contribution is 6.25. The topological polar surface area (TPSA) is 8.17 Å². The molecular weight excluding hydrogens is 556 g/mol. The fraction of sp³-hybridized carbons (Fsp3) is 0. The summed E-state index contributed by atoms with van der Waals surface area (Å²) in [6.07, 6.45) is 0. The number of nitrogens with zero attached hydrogens (tertiary/aromatic N) is 2. The molecule has 0 unspecified atom stereocenters. The summed E-state index contributed by atoms with van der Waals surface area (Å²) in [5.41, 5.74) is 7.67. The molecule has 0 amide bonds. The van der Waals surface area contributed by atoms with Crippen molar-refractivity contribution in [1.29, 1.82) is 0 Å². The van der Waals surface area contributed by atoms with E-state index in [0.29, 0.717) is 5.52 Å². The van der Waals surface area contributed by atoms with Crippen LogP contribution in [-0.2, 0) is 0 Å². The van der Waals surface area contributed by atoms with Gasteiger partial charge in [0.15, 0.2) is 0 Å². The van der Waals surface area contributed by atoms with Crippen molar-refractivity contribution in [3.8, 4) is 16.8 Å². The van der Waals surface area contributed by atoms with Crippen molar-refractivity contribution in [2.75, 3.05) is 4.90 Å². The number of aromatic nitrogens is 1. The molecule has 8 aromatic carbocycles. The SMILES string of the molecule is [2H]c1cc2c3c4c(-c5ccc6ccccc6c5)cccc4ccc3n(-c3cccc(N(c4ccccc4)c4ccccc4)c3)c2c([2H])c1[2H]. The number of rotatable bonds is 5. The zero-order valence-electron chi connectivity index (χ0n) is 28.0. The van der Waals surface area contributed by atoms with Crippen LogP contribution in [0.1, 0.15) is 4.11 Å². The van der Waals surface area contributed by atoms with Crippen LogP contribution in [0, 0.1) is 0 Å². The third-order valence-electron chi connectivity index (χ3n) is 8.92. The van der Waals surface area contributed by atoms with Gasteiger partial charge >= 0.3 is 0 Å². The van der Waals surface area contributed by atoms with Gasteiger partial charge in [-0.05, 0) is 93.3 Å². The summed E-state index contributed by atoms with van der Waals surface area (Å²) in [6.45, 7) is 0. The molecule has 9 aromatic rings. The highest BCUT2D eigenvalue weighted by atomic mass is 15.1. The van der Waals surface area contributed by atoms with Crippen LogP contribution < -0.4 is 4.90 Å². The molecule has 0 saturated carbocycles. The van der Waals surface area contributed by atoms with Crippen LogP contribution in [0.2, 0.25) is 0 Å². The van der Waals surface area contributed by atoms with Gasteiger partial charge < -0.3 is 9.47 Å². The van der Waals surface area contributed by atoms with Crippen molar-refractivity contribution in [3.05, 3.63) is 182 Å². The van der Waals surface area contributed by atoms with E-state index in [1.165, 1.54) is 10.8 Å². The highest BCUT2D eigenvalue weighted by Gasteiger charge is 2.19. The van der Waals surface area contributed by atoms with Gasteiger partial charge in [0.1, 0.15) is 0 Å². The Morgan fingerprint density at radius 1 is 0.457 bits per heavy atom. The molecule has 46 heavy (non-hydrogen) atoms. The summed E-state index contributed by atoms with van der Waals surface area (Å²) in [5, 5.41) is 6.29. The lowest BCUT2D eigenvalue weighted by Gasteiger charge is -2.26. The van der Waals surface area contributed by atoms with E-state index in [1.54, 1.807) is 6.07 Å². The molecule has 0 atom stereocenters. The highest BCUT2D eigenvalue weighted by Crippen LogP contribution is 2.42. The minimum absolute atomic E-state index is 0.0448. The average molecular weight is 590 g/mol. The number of fused-ring (bicyclic) bond motifs is 6. The maximum Gasteiger partial charge on any atom is 0.0645 e. The molecule has 1 aromatic heterocycles. The molecule has 2 nitrogen and oxygen atoms in total. The van der Waals surface area contributed by atoms with E-state index in [4.69, 9.17) is 2.74 Å². The Hall–Kier alpha value is -6.12. The summed E-state index contributed by atoms with van der Waals surface area (Å²) in [6, 6.07) is 56.4. The zero-order valence-corrected chi connectivity index (χ0v) is 25.0. The summed E-state index contributed by atoms with van der Waals surface area (Å²) < 4.78 is 28.8. The smallest absolute Gasteiger partial charge is 0.0645 e. The summed E-state index contributed by atoms with van der Waals surface area (Å²) in [5.74, 6) is 0. The van der Waals surface area contributed by atoms with E-state index in [9.17, 15) is 1.37 Å². The lowest BCUT2D eigenvalue weighted by atomic mass is 9.93. The molecule has 0 aliphatic rings. The van der Waals surface area contributed by atoms with Crippen LogP contribution in [0.3, 0.4) is 0 Å². The zero-order chi connectivity index (χ0) is 33.1. The maximum absolute atomic E-state index is 9.24. The number of hydrogen-bond acceptors (Lipinski definition) is 1. The normalized spacial score (nSPS) is 12.4. The third-order valence-corrected chi connectivity index (χ3v) is 8.92. The molecule has 9 rings (SSSR count). The number of anilines is 3. The van der Waals surface area contributed by atoms with Gasteiger partial charge in [-0.3, -0.25) is 0 Å². The Morgan fingerprint density at radius 2 is 1.13 bits per heavy atom. The first-order chi connectivity index (χ1) is 24.1. The van der Waals surface area contributed by atoms with Gasteiger partial charge in [0.25, 0.3) is 0 Å². The van der Waals surface area contributed by atoms with Gasteiger partial charge in [-0.25, -0.2) is 0 Å². The Kier molecular flexibility index (Phi) is 5.47.